The van der Waals surface area contributed by atoms with Crippen LogP contribution in [0, 0.1) is 5.82 Å². The minimum Gasteiger partial charge on any atom is -0.348 e. The van der Waals surface area contributed by atoms with Crippen LogP contribution in [-0.4, -0.2) is 17.9 Å². The molecule has 26 heavy (non-hydrogen) atoms. The van der Waals surface area contributed by atoms with Gasteiger partial charge in [0.25, 0.3) is 0 Å². The van der Waals surface area contributed by atoms with E-state index in [-0.39, 0.29) is 23.7 Å². The van der Waals surface area contributed by atoms with Crippen LogP contribution in [0.1, 0.15) is 36.9 Å². The molecular weight excluding hydrogens is 333 g/mol. The first kappa shape index (κ1) is 18.1. The van der Waals surface area contributed by atoms with Crippen LogP contribution in [0.25, 0.3) is 0 Å². The maximum atomic E-state index is 14.2. The summed E-state index contributed by atoms with van der Waals surface area (Å²) in [5.74, 6) is -0.483. The zero-order valence-corrected chi connectivity index (χ0v) is 14.6. The van der Waals surface area contributed by atoms with Crippen molar-refractivity contribution in [1.29, 1.82) is 0 Å². The minimum atomic E-state index is -0.392. The summed E-state index contributed by atoms with van der Waals surface area (Å²) in [4.78, 5) is 22.9. The number of benzene rings is 2. The Kier molecular flexibility index (Phi) is 5.63. The van der Waals surface area contributed by atoms with E-state index in [0.717, 1.165) is 11.3 Å². The van der Waals surface area contributed by atoms with Gasteiger partial charge in [-0.1, -0.05) is 30.3 Å². The Morgan fingerprint density at radius 3 is 2.62 bits per heavy atom. The lowest BCUT2D eigenvalue weighted by atomic mass is 9.91. The first-order valence-corrected chi connectivity index (χ1v) is 8.66. The normalized spacial score (nSPS) is 19.7. The Morgan fingerprint density at radius 1 is 1.19 bits per heavy atom. The average molecular weight is 355 g/mol. The molecule has 1 heterocycles. The van der Waals surface area contributed by atoms with Gasteiger partial charge in [0, 0.05) is 37.2 Å². The second kappa shape index (κ2) is 8.10. The lowest BCUT2D eigenvalue weighted by Crippen LogP contribution is -2.48. The Labute approximate surface area is 152 Å². The molecule has 1 saturated heterocycles. The van der Waals surface area contributed by atoms with Crippen molar-refractivity contribution in [2.45, 2.75) is 38.4 Å². The molecule has 2 amide bonds. The molecule has 0 spiro atoms. The smallest absolute Gasteiger partial charge is 0.221 e. The number of hydrogen-bond acceptors (Lipinski definition) is 3. The summed E-state index contributed by atoms with van der Waals surface area (Å²) in [6, 6.07) is 13.6. The fraction of sp³-hybridized carbons (Fsp3) is 0.300. The highest BCUT2D eigenvalue weighted by molar-refractivity contribution is 5.88. The van der Waals surface area contributed by atoms with Gasteiger partial charge in [-0.3, -0.25) is 9.59 Å². The van der Waals surface area contributed by atoms with E-state index < -0.39 is 6.04 Å². The van der Waals surface area contributed by atoms with Crippen molar-refractivity contribution in [3.63, 3.8) is 0 Å². The Hall–Kier alpha value is -2.73. The van der Waals surface area contributed by atoms with Gasteiger partial charge in [0.15, 0.2) is 0 Å². The Bertz CT molecular complexity index is 792. The number of carbonyl (C=O) groups excluding carboxylic acids is 2. The Morgan fingerprint density at radius 2 is 1.92 bits per heavy atom. The van der Waals surface area contributed by atoms with Crippen molar-refractivity contribution < 1.29 is 14.0 Å². The van der Waals surface area contributed by atoms with Gasteiger partial charge in [0.2, 0.25) is 11.8 Å². The first-order chi connectivity index (χ1) is 12.5. The van der Waals surface area contributed by atoms with Crippen LogP contribution in [0.3, 0.4) is 0 Å². The van der Waals surface area contributed by atoms with Crippen LogP contribution in [0.2, 0.25) is 0 Å². The van der Waals surface area contributed by atoms with Gasteiger partial charge < -0.3 is 16.0 Å². The van der Waals surface area contributed by atoms with Crippen molar-refractivity contribution in [2.75, 3.05) is 5.32 Å². The molecule has 0 aliphatic carbocycles. The van der Waals surface area contributed by atoms with Gasteiger partial charge in [-0.05, 0) is 30.2 Å². The molecule has 6 heteroatoms. The molecule has 1 fully saturated rings. The molecular formula is C20H22FN3O2. The van der Waals surface area contributed by atoms with Gasteiger partial charge in [-0.2, -0.15) is 0 Å². The number of anilines is 1. The molecule has 2 aromatic carbocycles. The van der Waals surface area contributed by atoms with E-state index in [4.69, 9.17) is 0 Å². The standard InChI is InChI=1S/C20H22FN3O2/c1-13(25)23-15-8-6-14(7-9-15)12-22-18-10-11-19(26)24-20(18)16-4-2-3-5-17(16)21/h2-9,18,20,22H,10-12H2,1H3,(H,23,25)(H,24,26)/t18-,20+/m1/s1. The number of carbonyl (C=O) groups is 2. The van der Waals surface area contributed by atoms with E-state index in [9.17, 15) is 14.0 Å². The number of amides is 2. The molecule has 0 bridgehead atoms. The highest BCUT2D eigenvalue weighted by atomic mass is 19.1. The molecule has 0 aromatic heterocycles. The van der Waals surface area contributed by atoms with Crippen LogP contribution in [0.4, 0.5) is 10.1 Å². The molecule has 0 saturated carbocycles. The predicted octanol–water partition coefficient (Wildman–Crippen LogP) is 2.89. The monoisotopic (exact) mass is 355 g/mol. The highest BCUT2D eigenvalue weighted by Gasteiger charge is 2.31. The summed E-state index contributed by atoms with van der Waals surface area (Å²) in [7, 11) is 0. The molecule has 1 aliphatic rings. The van der Waals surface area contributed by atoms with Crippen molar-refractivity contribution in [2.24, 2.45) is 0 Å². The maximum Gasteiger partial charge on any atom is 0.221 e. The summed E-state index contributed by atoms with van der Waals surface area (Å²) < 4.78 is 14.2. The molecule has 1 aliphatic heterocycles. The maximum absolute atomic E-state index is 14.2. The molecule has 136 valence electrons. The van der Waals surface area contributed by atoms with Gasteiger partial charge in [-0.15, -0.1) is 0 Å². The van der Waals surface area contributed by atoms with Crippen LogP contribution < -0.4 is 16.0 Å². The third-order valence-corrected chi connectivity index (χ3v) is 4.48. The van der Waals surface area contributed by atoms with Crippen LogP contribution >= 0.6 is 0 Å². The van der Waals surface area contributed by atoms with E-state index in [1.807, 2.05) is 24.3 Å². The molecule has 3 rings (SSSR count). The van der Waals surface area contributed by atoms with Crippen molar-refractivity contribution in [3.05, 3.63) is 65.5 Å². The fourth-order valence-electron chi connectivity index (χ4n) is 3.20. The van der Waals surface area contributed by atoms with E-state index in [1.54, 1.807) is 18.2 Å². The van der Waals surface area contributed by atoms with Crippen molar-refractivity contribution in [3.8, 4) is 0 Å². The number of nitrogens with one attached hydrogen (secondary N) is 3. The summed E-state index contributed by atoms with van der Waals surface area (Å²) >= 11 is 0. The minimum absolute atomic E-state index is 0.0559. The zero-order valence-electron chi connectivity index (χ0n) is 14.6. The second-order valence-corrected chi connectivity index (χ2v) is 6.47. The van der Waals surface area contributed by atoms with Gasteiger partial charge >= 0.3 is 0 Å². The van der Waals surface area contributed by atoms with Gasteiger partial charge in [0.1, 0.15) is 5.82 Å². The first-order valence-electron chi connectivity index (χ1n) is 8.66. The summed E-state index contributed by atoms with van der Waals surface area (Å²) in [6.07, 6.45) is 1.07. The molecule has 3 N–H and O–H groups in total. The molecule has 2 aromatic rings. The summed E-state index contributed by atoms with van der Waals surface area (Å²) in [6.45, 7) is 2.06. The number of halogens is 1. The van der Waals surface area contributed by atoms with E-state index in [1.165, 1.54) is 13.0 Å². The highest BCUT2D eigenvalue weighted by Crippen LogP contribution is 2.26. The summed E-state index contributed by atoms with van der Waals surface area (Å²) in [5, 5.41) is 9.06. The van der Waals surface area contributed by atoms with Crippen LogP contribution in [0.5, 0.6) is 0 Å². The van der Waals surface area contributed by atoms with E-state index >= 15 is 0 Å². The molecule has 0 radical (unpaired) electrons. The van der Waals surface area contributed by atoms with Crippen molar-refractivity contribution in [1.82, 2.24) is 10.6 Å². The second-order valence-electron chi connectivity index (χ2n) is 6.47. The third kappa shape index (κ3) is 4.46. The molecule has 5 nitrogen and oxygen atoms in total. The summed E-state index contributed by atoms with van der Waals surface area (Å²) in [5.41, 5.74) is 2.29. The van der Waals surface area contributed by atoms with Crippen LogP contribution in [-0.2, 0) is 16.1 Å². The molecule has 0 unspecified atom stereocenters. The van der Waals surface area contributed by atoms with Crippen molar-refractivity contribution >= 4 is 17.5 Å². The number of rotatable bonds is 5. The SMILES string of the molecule is CC(=O)Nc1ccc(CN[C@@H]2CCC(=O)N[C@H]2c2ccccc2F)cc1. The van der Waals surface area contributed by atoms with Crippen LogP contribution in [0.15, 0.2) is 48.5 Å². The van der Waals surface area contributed by atoms with E-state index in [0.29, 0.717) is 24.9 Å². The Balaban J connectivity index is 1.68. The largest absolute Gasteiger partial charge is 0.348 e. The van der Waals surface area contributed by atoms with Gasteiger partial charge in [-0.25, -0.2) is 4.39 Å². The fourth-order valence-corrected chi connectivity index (χ4v) is 3.20. The van der Waals surface area contributed by atoms with Gasteiger partial charge in [0.05, 0.1) is 6.04 Å². The third-order valence-electron chi connectivity index (χ3n) is 4.48. The number of hydrogen-bond donors (Lipinski definition) is 3. The molecule has 2 atom stereocenters. The topological polar surface area (TPSA) is 70.2 Å². The lowest BCUT2D eigenvalue weighted by Gasteiger charge is -2.33. The zero-order chi connectivity index (χ0) is 18.5. The predicted molar refractivity (Wildman–Crippen MR) is 97.9 cm³/mol. The number of piperidine rings is 1. The lowest BCUT2D eigenvalue weighted by molar-refractivity contribution is -0.124. The quantitative estimate of drug-likeness (QED) is 0.772. The average Bonchev–Trinajstić information content (AvgIpc) is 2.62. The van der Waals surface area contributed by atoms with E-state index in [2.05, 4.69) is 16.0 Å².